The Balaban J connectivity index is 1.53. The number of amides is 1. The molecule has 2 atom stereocenters. The van der Waals surface area contributed by atoms with Gasteiger partial charge in [-0.05, 0) is 31.1 Å². The molecule has 0 saturated carbocycles. The van der Waals surface area contributed by atoms with Crippen molar-refractivity contribution in [3.63, 3.8) is 0 Å². The van der Waals surface area contributed by atoms with Crippen molar-refractivity contribution in [2.24, 2.45) is 0 Å². The van der Waals surface area contributed by atoms with Crippen LogP contribution in [0, 0.1) is 10.1 Å². The molecule has 7 nitrogen and oxygen atoms in total. The molecule has 4 rings (SSSR count). The number of nitrogens with zero attached hydrogens (tertiary/aromatic N) is 1. The average molecular weight is 399 g/mol. The van der Waals surface area contributed by atoms with Gasteiger partial charge in [-0.2, -0.15) is 0 Å². The molecule has 8 heteroatoms. The topological polar surface area (TPSA) is 88.7 Å². The third-order valence-corrected chi connectivity index (χ3v) is 6.52. The van der Waals surface area contributed by atoms with Crippen LogP contribution in [0.1, 0.15) is 40.2 Å². The van der Waals surface area contributed by atoms with E-state index in [0.717, 1.165) is 35.6 Å². The summed E-state index contributed by atoms with van der Waals surface area (Å²) in [5.41, 5.74) is 2.75. The zero-order valence-corrected chi connectivity index (χ0v) is 16.6. The molecule has 2 aliphatic heterocycles. The monoisotopic (exact) mass is 399 g/mol. The number of benzene rings is 1. The van der Waals surface area contributed by atoms with Crippen LogP contribution in [0.3, 0.4) is 0 Å². The Hall–Kier alpha value is -2.71. The zero-order valence-electron chi connectivity index (χ0n) is 15.8. The molecule has 0 radical (unpaired) electrons. The summed E-state index contributed by atoms with van der Waals surface area (Å²) in [5, 5.41) is 18.2. The van der Waals surface area contributed by atoms with E-state index in [1.807, 2.05) is 6.08 Å². The molecule has 2 aromatic rings. The van der Waals surface area contributed by atoms with Crippen LogP contribution in [0.2, 0.25) is 0 Å². The molecular formula is C20H23N4O3S+. The predicted octanol–water partition coefficient (Wildman–Crippen LogP) is 2.20. The van der Waals surface area contributed by atoms with E-state index in [9.17, 15) is 14.9 Å². The van der Waals surface area contributed by atoms with Gasteiger partial charge in [-0.25, -0.2) is 0 Å². The smallest absolute Gasteiger partial charge is 0.270 e. The molecular weight excluding hydrogens is 376 g/mol. The Labute approximate surface area is 167 Å². The number of anilines is 1. The van der Waals surface area contributed by atoms with E-state index in [4.69, 9.17) is 0 Å². The number of carbonyl (C=O) groups excluding carboxylic acids is 1. The standard InChI is InChI=1S/C20H22N4O3S/c1-12(2)23-9-8-15-16(11-23)28-20-18(15)19(25)21-17(22-20)7-6-13-4-3-5-14(10-13)24(26)27/h3-7,10,12,17,22H,8-9,11H2,1-2H3,(H,21,25)/p+1/b7-6-/t17-/m0/s1. The molecule has 0 bridgehead atoms. The van der Waals surface area contributed by atoms with Crippen LogP contribution in [0.4, 0.5) is 10.7 Å². The summed E-state index contributed by atoms with van der Waals surface area (Å²) >= 11 is 1.68. The van der Waals surface area contributed by atoms with Gasteiger partial charge in [0.25, 0.3) is 11.6 Å². The lowest BCUT2D eigenvalue weighted by Gasteiger charge is -2.28. The first kappa shape index (κ1) is 18.6. The van der Waals surface area contributed by atoms with Gasteiger partial charge in [0, 0.05) is 18.6 Å². The van der Waals surface area contributed by atoms with E-state index in [2.05, 4.69) is 24.5 Å². The van der Waals surface area contributed by atoms with Crippen LogP contribution in [0.25, 0.3) is 6.08 Å². The summed E-state index contributed by atoms with van der Waals surface area (Å²) in [6.07, 6.45) is 4.20. The number of fused-ring (bicyclic) bond motifs is 3. The maximum Gasteiger partial charge on any atom is 0.270 e. The summed E-state index contributed by atoms with van der Waals surface area (Å²) in [5.74, 6) is -0.0482. The fourth-order valence-electron chi connectivity index (χ4n) is 3.77. The normalized spacial score (nSPS) is 21.2. The lowest BCUT2D eigenvalue weighted by Crippen LogP contribution is -3.14. The predicted molar refractivity (Wildman–Crippen MR) is 110 cm³/mol. The number of hydrogen-bond donors (Lipinski definition) is 3. The molecule has 0 saturated heterocycles. The van der Waals surface area contributed by atoms with Crippen molar-refractivity contribution >= 4 is 34.0 Å². The van der Waals surface area contributed by atoms with Crippen molar-refractivity contribution in [3.05, 3.63) is 62.0 Å². The number of hydrogen-bond acceptors (Lipinski definition) is 5. The van der Waals surface area contributed by atoms with Crippen molar-refractivity contribution in [3.8, 4) is 0 Å². The Bertz CT molecular complexity index is 966. The van der Waals surface area contributed by atoms with E-state index in [1.54, 1.807) is 34.4 Å². The molecule has 0 aliphatic carbocycles. The highest BCUT2D eigenvalue weighted by Gasteiger charge is 2.34. The second kappa shape index (κ2) is 7.37. The fraction of sp³-hybridized carbons (Fsp3) is 0.350. The third-order valence-electron chi connectivity index (χ3n) is 5.35. The molecule has 1 unspecified atom stereocenters. The molecule has 28 heavy (non-hydrogen) atoms. The second-order valence-electron chi connectivity index (χ2n) is 7.50. The van der Waals surface area contributed by atoms with Gasteiger partial charge in [-0.1, -0.05) is 18.2 Å². The van der Waals surface area contributed by atoms with Gasteiger partial charge in [-0.15, -0.1) is 11.3 Å². The van der Waals surface area contributed by atoms with Crippen LogP contribution in [-0.2, 0) is 13.0 Å². The van der Waals surface area contributed by atoms with Crippen molar-refractivity contribution in [1.82, 2.24) is 5.32 Å². The first-order valence-electron chi connectivity index (χ1n) is 9.41. The second-order valence-corrected chi connectivity index (χ2v) is 8.61. The number of non-ortho nitro benzene ring substituents is 1. The van der Waals surface area contributed by atoms with Crippen LogP contribution in [0.15, 0.2) is 30.3 Å². The van der Waals surface area contributed by atoms with Crippen LogP contribution in [-0.4, -0.2) is 29.6 Å². The maximum absolute atomic E-state index is 12.7. The van der Waals surface area contributed by atoms with E-state index in [1.165, 1.54) is 22.6 Å². The van der Waals surface area contributed by atoms with Crippen molar-refractivity contribution < 1.29 is 14.6 Å². The first-order chi connectivity index (χ1) is 13.4. The van der Waals surface area contributed by atoms with Crippen molar-refractivity contribution in [1.29, 1.82) is 0 Å². The van der Waals surface area contributed by atoms with E-state index < -0.39 is 4.92 Å². The highest BCUT2D eigenvalue weighted by Crippen LogP contribution is 2.36. The van der Waals surface area contributed by atoms with Gasteiger partial charge < -0.3 is 15.5 Å². The summed E-state index contributed by atoms with van der Waals surface area (Å²) in [7, 11) is 0. The molecule has 1 aromatic carbocycles. The van der Waals surface area contributed by atoms with Gasteiger partial charge in [0.1, 0.15) is 17.7 Å². The van der Waals surface area contributed by atoms with Crippen molar-refractivity contribution in [2.45, 2.75) is 39.0 Å². The highest BCUT2D eigenvalue weighted by molar-refractivity contribution is 7.16. The number of thiophene rings is 1. The molecule has 3 N–H and O–H groups in total. The maximum atomic E-state index is 12.7. The van der Waals surface area contributed by atoms with Crippen LogP contribution < -0.4 is 15.5 Å². The quantitative estimate of drug-likeness (QED) is 0.543. The van der Waals surface area contributed by atoms with Gasteiger partial charge in [-0.3, -0.25) is 14.9 Å². The summed E-state index contributed by atoms with van der Waals surface area (Å²) in [6, 6.07) is 6.99. The average Bonchev–Trinajstić information content (AvgIpc) is 3.04. The minimum Gasteiger partial charge on any atom is -0.353 e. The number of quaternary nitrogens is 1. The van der Waals surface area contributed by atoms with E-state index in [0.29, 0.717) is 6.04 Å². The SMILES string of the molecule is CC(C)[NH+]1CCc2c(sc3c2C(=O)N[C@H](/C=C\c2cccc([N+](=O)[O-])c2)N3)C1. The molecule has 146 valence electrons. The lowest BCUT2D eigenvalue weighted by molar-refractivity contribution is -0.936. The first-order valence-corrected chi connectivity index (χ1v) is 10.2. The number of rotatable bonds is 4. The minimum atomic E-state index is -0.414. The van der Waals surface area contributed by atoms with Gasteiger partial charge >= 0.3 is 0 Å². The summed E-state index contributed by atoms with van der Waals surface area (Å²) in [4.78, 5) is 26.1. The lowest BCUT2D eigenvalue weighted by atomic mass is 10.0. The van der Waals surface area contributed by atoms with E-state index >= 15 is 0 Å². The Kier molecular flexibility index (Phi) is 4.91. The summed E-state index contributed by atoms with van der Waals surface area (Å²) in [6.45, 7) is 6.48. The van der Waals surface area contributed by atoms with Crippen LogP contribution in [0.5, 0.6) is 0 Å². The van der Waals surface area contributed by atoms with Crippen molar-refractivity contribution in [2.75, 3.05) is 11.9 Å². The largest absolute Gasteiger partial charge is 0.353 e. The zero-order chi connectivity index (χ0) is 19.8. The molecule has 1 aromatic heterocycles. The fourth-order valence-corrected chi connectivity index (χ4v) is 5.11. The van der Waals surface area contributed by atoms with Gasteiger partial charge in [0.05, 0.1) is 28.0 Å². The number of nitro benzene ring substituents is 1. The molecule has 2 aliphatic rings. The van der Waals surface area contributed by atoms with E-state index in [-0.39, 0.29) is 17.8 Å². The molecule has 0 fully saturated rings. The summed E-state index contributed by atoms with van der Waals surface area (Å²) < 4.78 is 0. The minimum absolute atomic E-state index is 0.0482. The van der Waals surface area contributed by atoms with Crippen LogP contribution >= 0.6 is 11.3 Å². The molecule has 0 spiro atoms. The highest BCUT2D eigenvalue weighted by atomic mass is 32.1. The molecule has 1 amide bonds. The number of nitrogens with one attached hydrogen (secondary N) is 3. The Morgan fingerprint density at radius 3 is 2.93 bits per heavy atom. The van der Waals surface area contributed by atoms with Gasteiger partial charge in [0.2, 0.25) is 0 Å². The Morgan fingerprint density at radius 2 is 2.18 bits per heavy atom. The number of carbonyl (C=O) groups is 1. The number of nitro groups is 1. The molecule has 3 heterocycles. The van der Waals surface area contributed by atoms with Gasteiger partial charge in [0.15, 0.2) is 0 Å². The third kappa shape index (κ3) is 3.53. The Morgan fingerprint density at radius 1 is 1.36 bits per heavy atom.